The Hall–Kier alpha value is -2.50. The summed E-state index contributed by atoms with van der Waals surface area (Å²) in [5.41, 5.74) is 2.70. The van der Waals surface area contributed by atoms with E-state index in [1.807, 2.05) is 45.0 Å². The summed E-state index contributed by atoms with van der Waals surface area (Å²) in [6.45, 7) is 10.9. The van der Waals surface area contributed by atoms with E-state index in [-0.39, 0.29) is 12.1 Å². The van der Waals surface area contributed by atoms with Gasteiger partial charge in [-0.2, -0.15) is 0 Å². The zero-order chi connectivity index (χ0) is 18.4. The van der Waals surface area contributed by atoms with Crippen molar-refractivity contribution in [3.05, 3.63) is 46.8 Å². The van der Waals surface area contributed by atoms with Crippen LogP contribution in [0.5, 0.6) is 5.75 Å². The highest BCUT2D eigenvalue weighted by molar-refractivity contribution is 5.74. The monoisotopic (exact) mass is 345 g/mol. The number of hydrogen-bond acceptors (Lipinski definition) is 4. The summed E-state index contributed by atoms with van der Waals surface area (Å²) in [5.74, 6) is 2.01. The lowest BCUT2D eigenvalue weighted by Gasteiger charge is -2.15. The molecule has 0 aliphatic rings. The third-order valence-electron chi connectivity index (χ3n) is 3.80. The zero-order valence-corrected chi connectivity index (χ0v) is 15.6. The van der Waals surface area contributed by atoms with E-state index >= 15 is 0 Å². The molecule has 1 unspecified atom stereocenters. The van der Waals surface area contributed by atoms with E-state index in [0.717, 1.165) is 28.3 Å². The highest BCUT2D eigenvalue weighted by Crippen LogP contribution is 2.20. The highest BCUT2D eigenvalue weighted by atomic mass is 16.5. The molecule has 2 N–H and O–H groups in total. The van der Waals surface area contributed by atoms with Crippen LogP contribution in [0.25, 0.3) is 0 Å². The minimum absolute atomic E-state index is 0.174. The minimum atomic E-state index is -0.235. The molecule has 0 aliphatic carbocycles. The van der Waals surface area contributed by atoms with Crippen LogP contribution in [-0.2, 0) is 6.54 Å². The lowest BCUT2D eigenvalue weighted by atomic mass is 10.1. The Labute approximate surface area is 148 Å². The summed E-state index contributed by atoms with van der Waals surface area (Å²) >= 11 is 0. The van der Waals surface area contributed by atoms with Crippen LogP contribution in [0, 0.1) is 19.8 Å². The third-order valence-corrected chi connectivity index (χ3v) is 3.80. The predicted octanol–water partition coefficient (Wildman–Crippen LogP) is 3.89. The van der Waals surface area contributed by atoms with Gasteiger partial charge in [-0.1, -0.05) is 31.1 Å². The number of nitrogens with one attached hydrogen (secondary N) is 2. The normalized spacial score (nSPS) is 12.1. The first-order chi connectivity index (χ1) is 11.9. The van der Waals surface area contributed by atoms with Gasteiger partial charge >= 0.3 is 6.03 Å². The standard InChI is InChI=1S/C19H27N3O3/c1-12(2)11-24-17-8-6-7-16(9-17)10-20-19(23)21-13(3)18-14(4)22-25-15(18)5/h6-9,12-13H,10-11H2,1-5H3,(H2,20,21,23). The van der Waals surface area contributed by atoms with Crippen LogP contribution in [-0.4, -0.2) is 17.8 Å². The van der Waals surface area contributed by atoms with Gasteiger partial charge in [0.15, 0.2) is 0 Å². The largest absolute Gasteiger partial charge is 0.493 e. The second-order valence-corrected chi connectivity index (χ2v) is 6.64. The molecular formula is C19H27N3O3. The van der Waals surface area contributed by atoms with Gasteiger partial charge in [0, 0.05) is 12.1 Å². The summed E-state index contributed by atoms with van der Waals surface area (Å²) < 4.78 is 10.9. The van der Waals surface area contributed by atoms with Crippen LogP contribution in [0.15, 0.2) is 28.8 Å². The number of aryl methyl sites for hydroxylation is 2. The third kappa shape index (κ3) is 5.52. The van der Waals surface area contributed by atoms with Gasteiger partial charge in [0.05, 0.1) is 18.3 Å². The molecular weight excluding hydrogens is 318 g/mol. The summed E-state index contributed by atoms with van der Waals surface area (Å²) in [7, 11) is 0. The molecule has 136 valence electrons. The van der Waals surface area contributed by atoms with Crippen LogP contribution in [0.2, 0.25) is 0 Å². The summed E-state index contributed by atoms with van der Waals surface area (Å²) in [4.78, 5) is 12.1. The van der Waals surface area contributed by atoms with Gasteiger partial charge < -0.3 is 19.9 Å². The van der Waals surface area contributed by atoms with E-state index in [9.17, 15) is 4.79 Å². The van der Waals surface area contributed by atoms with Gasteiger partial charge in [-0.15, -0.1) is 0 Å². The number of urea groups is 1. The number of amides is 2. The van der Waals surface area contributed by atoms with Crippen LogP contribution < -0.4 is 15.4 Å². The molecule has 6 heteroatoms. The van der Waals surface area contributed by atoms with Crippen LogP contribution >= 0.6 is 0 Å². The molecule has 0 bridgehead atoms. The Morgan fingerprint density at radius 3 is 2.68 bits per heavy atom. The van der Waals surface area contributed by atoms with E-state index in [1.165, 1.54) is 0 Å². The van der Waals surface area contributed by atoms with Crippen molar-refractivity contribution in [1.82, 2.24) is 15.8 Å². The topological polar surface area (TPSA) is 76.4 Å². The average molecular weight is 345 g/mol. The molecule has 2 rings (SSSR count). The number of carbonyl (C=O) groups is 1. The maximum Gasteiger partial charge on any atom is 0.315 e. The van der Waals surface area contributed by atoms with Crippen molar-refractivity contribution in [1.29, 1.82) is 0 Å². The number of nitrogens with zero attached hydrogens (tertiary/aromatic N) is 1. The lowest BCUT2D eigenvalue weighted by Crippen LogP contribution is -2.36. The quantitative estimate of drug-likeness (QED) is 0.798. The SMILES string of the molecule is Cc1noc(C)c1C(C)NC(=O)NCc1cccc(OCC(C)C)c1. The Morgan fingerprint density at radius 2 is 2.04 bits per heavy atom. The molecule has 25 heavy (non-hydrogen) atoms. The van der Waals surface area contributed by atoms with Gasteiger partial charge in [-0.3, -0.25) is 0 Å². The number of aromatic nitrogens is 1. The molecule has 2 aromatic rings. The molecule has 0 spiro atoms. The lowest BCUT2D eigenvalue weighted by molar-refractivity contribution is 0.237. The average Bonchev–Trinajstić information content (AvgIpc) is 2.90. The zero-order valence-electron chi connectivity index (χ0n) is 15.6. The van der Waals surface area contributed by atoms with Crippen molar-refractivity contribution in [3.8, 4) is 5.75 Å². The van der Waals surface area contributed by atoms with E-state index in [1.54, 1.807) is 0 Å². The summed E-state index contributed by atoms with van der Waals surface area (Å²) in [5, 5.41) is 9.69. The molecule has 1 aromatic carbocycles. The second-order valence-electron chi connectivity index (χ2n) is 6.64. The van der Waals surface area contributed by atoms with Gasteiger partial charge in [0.1, 0.15) is 11.5 Å². The summed E-state index contributed by atoms with van der Waals surface area (Å²) in [6.07, 6.45) is 0. The Morgan fingerprint density at radius 1 is 1.28 bits per heavy atom. The fourth-order valence-electron chi connectivity index (χ4n) is 2.62. The molecule has 2 amide bonds. The Balaban J connectivity index is 1.86. The Kier molecular flexibility index (Phi) is 6.44. The Bertz CT molecular complexity index is 690. The van der Waals surface area contributed by atoms with Crippen LogP contribution in [0.3, 0.4) is 0 Å². The van der Waals surface area contributed by atoms with E-state index in [0.29, 0.717) is 19.1 Å². The first-order valence-electron chi connectivity index (χ1n) is 8.55. The number of benzene rings is 1. The predicted molar refractivity (Wildman–Crippen MR) is 96.5 cm³/mol. The van der Waals surface area contributed by atoms with Gasteiger partial charge in [-0.25, -0.2) is 4.79 Å². The van der Waals surface area contributed by atoms with E-state index in [2.05, 4.69) is 29.6 Å². The van der Waals surface area contributed by atoms with E-state index in [4.69, 9.17) is 9.26 Å². The number of rotatable bonds is 7. The molecule has 6 nitrogen and oxygen atoms in total. The van der Waals surface area contributed by atoms with Crippen molar-refractivity contribution < 1.29 is 14.1 Å². The second kappa shape index (κ2) is 8.55. The fourth-order valence-corrected chi connectivity index (χ4v) is 2.62. The molecule has 1 heterocycles. The smallest absolute Gasteiger partial charge is 0.315 e. The highest BCUT2D eigenvalue weighted by Gasteiger charge is 2.18. The molecule has 0 saturated heterocycles. The number of ether oxygens (including phenoxy) is 1. The molecule has 0 saturated carbocycles. The molecule has 1 atom stereocenters. The van der Waals surface area contributed by atoms with E-state index < -0.39 is 0 Å². The van der Waals surface area contributed by atoms with Crippen molar-refractivity contribution >= 4 is 6.03 Å². The first-order valence-corrected chi connectivity index (χ1v) is 8.55. The van der Waals surface area contributed by atoms with Crippen LogP contribution in [0.4, 0.5) is 4.79 Å². The molecule has 1 aromatic heterocycles. The summed E-state index contributed by atoms with van der Waals surface area (Å²) in [6, 6.07) is 7.34. The van der Waals surface area contributed by atoms with Gasteiger partial charge in [-0.05, 0) is 44.4 Å². The number of hydrogen-bond donors (Lipinski definition) is 2. The fraction of sp³-hybridized carbons (Fsp3) is 0.474. The molecule has 0 radical (unpaired) electrons. The molecule has 0 aliphatic heterocycles. The van der Waals surface area contributed by atoms with Crippen molar-refractivity contribution in [2.24, 2.45) is 5.92 Å². The van der Waals surface area contributed by atoms with Gasteiger partial charge in [0.25, 0.3) is 0 Å². The minimum Gasteiger partial charge on any atom is -0.493 e. The van der Waals surface area contributed by atoms with Crippen molar-refractivity contribution in [3.63, 3.8) is 0 Å². The van der Waals surface area contributed by atoms with Crippen molar-refractivity contribution in [2.75, 3.05) is 6.61 Å². The van der Waals surface area contributed by atoms with Crippen molar-refractivity contribution in [2.45, 2.75) is 47.2 Å². The first kappa shape index (κ1) is 18.8. The molecule has 0 fully saturated rings. The maximum atomic E-state index is 12.1. The maximum absolute atomic E-state index is 12.1. The van der Waals surface area contributed by atoms with Crippen LogP contribution in [0.1, 0.15) is 49.4 Å². The van der Waals surface area contributed by atoms with Gasteiger partial charge in [0.2, 0.25) is 0 Å². The number of carbonyl (C=O) groups excluding carboxylic acids is 1.